The Bertz CT molecular complexity index is 1320. The van der Waals surface area contributed by atoms with E-state index in [9.17, 15) is 14.4 Å². The lowest BCUT2D eigenvalue weighted by molar-refractivity contribution is -0.0593. The summed E-state index contributed by atoms with van der Waals surface area (Å²) in [6.45, 7) is 26.3. The molecule has 3 fully saturated rings. The van der Waals surface area contributed by atoms with Crippen LogP contribution in [0, 0.1) is 46.3 Å². The molecule has 0 spiro atoms. The van der Waals surface area contributed by atoms with Crippen LogP contribution in [0.3, 0.4) is 0 Å². The smallest absolute Gasteiger partial charge is 0.410 e. The molecule has 4 rings (SSSR count). The number of hydrogen-bond donors (Lipinski definition) is 2. The summed E-state index contributed by atoms with van der Waals surface area (Å²) < 4.78 is 17.1. The number of alkyl carbamates (subject to hydrolysis) is 2. The zero-order valence-corrected chi connectivity index (χ0v) is 39.8. The molecule has 9 nitrogen and oxygen atoms in total. The number of carbonyl (C=O) groups excluding carboxylic acids is 3. The fourth-order valence-corrected chi connectivity index (χ4v) is 11.8. The summed E-state index contributed by atoms with van der Waals surface area (Å²) in [5.74, 6) is 4.91. The van der Waals surface area contributed by atoms with Gasteiger partial charge in [0.1, 0.15) is 17.3 Å². The molecule has 0 heterocycles. The summed E-state index contributed by atoms with van der Waals surface area (Å²) >= 11 is 0. The fraction of sp³-hybridized carbons (Fsp3) is 0.900. The van der Waals surface area contributed by atoms with Crippen molar-refractivity contribution >= 4 is 18.3 Å². The molecule has 4 aliphatic carbocycles. The minimum atomic E-state index is -0.504. The average molecular weight is 828 g/mol. The number of carbonyl (C=O) groups is 3. The predicted molar refractivity (Wildman–Crippen MR) is 240 cm³/mol. The van der Waals surface area contributed by atoms with Crippen LogP contribution in [0.15, 0.2) is 11.6 Å². The zero-order valence-electron chi connectivity index (χ0n) is 39.8. The van der Waals surface area contributed by atoms with Gasteiger partial charge in [-0.25, -0.2) is 14.4 Å². The molecule has 3 saturated carbocycles. The highest BCUT2D eigenvalue weighted by Gasteiger charge is 2.59. The highest BCUT2D eigenvalue weighted by molar-refractivity contribution is 5.68. The van der Waals surface area contributed by atoms with Gasteiger partial charge < -0.3 is 29.7 Å². The van der Waals surface area contributed by atoms with E-state index in [1.54, 1.807) is 5.57 Å². The lowest BCUT2D eigenvalue weighted by Crippen LogP contribution is -2.51. The Morgan fingerprint density at radius 1 is 0.729 bits per heavy atom. The fourth-order valence-electron chi connectivity index (χ4n) is 11.8. The summed E-state index contributed by atoms with van der Waals surface area (Å²) in [7, 11) is 0. The molecular weight excluding hydrogens is 739 g/mol. The molecule has 2 N–H and O–H groups in total. The van der Waals surface area contributed by atoms with Crippen LogP contribution in [-0.4, -0.2) is 66.7 Å². The first-order valence-corrected chi connectivity index (χ1v) is 24.3. The molecule has 4 aliphatic rings. The van der Waals surface area contributed by atoms with Gasteiger partial charge in [0.2, 0.25) is 0 Å². The second-order valence-electron chi connectivity index (χ2n) is 22.2. The number of allylic oxidation sites excluding steroid dienone is 1. The van der Waals surface area contributed by atoms with E-state index in [0.29, 0.717) is 31.6 Å². The Balaban J connectivity index is 1.28. The van der Waals surface area contributed by atoms with Crippen molar-refractivity contribution in [2.45, 2.75) is 215 Å². The maximum Gasteiger partial charge on any atom is 0.410 e. The van der Waals surface area contributed by atoms with E-state index in [4.69, 9.17) is 14.2 Å². The van der Waals surface area contributed by atoms with Crippen LogP contribution in [0.5, 0.6) is 0 Å². The highest BCUT2D eigenvalue weighted by atomic mass is 16.6. The topological polar surface area (TPSA) is 106 Å². The number of fused-ring (bicyclic) bond motifs is 5. The third-order valence-electron chi connectivity index (χ3n) is 14.8. The Morgan fingerprint density at radius 3 is 1.86 bits per heavy atom. The number of ether oxygens (including phenoxy) is 3. The first-order valence-electron chi connectivity index (χ1n) is 24.3. The molecule has 340 valence electrons. The van der Waals surface area contributed by atoms with E-state index >= 15 is 0 Å². The molecule has 59 heavy (non-hydrogen) atoms. The van der Waals surface area contributed by atoms with Gasteiger partial charge in [-0.15, -0.1) is 0 Å². The number of unbranched alkanes of at least 4 members (excludes halogenated alkanes) is 6. The third kappa shape index (κ3) is 14.9. The van der Waals surface area contributed by atoms with Crippen LogP contribution in [0.1, 0.15) is 198 Å². The highest BCUT2D eigenvalue weighted by Crippen LogP contribution is 2.67. The maximum absolute atomic E-state index is 13.9. The van der Waals surface area contributed by atoms with E-state index in [2.05, 4.69) is 51.3 Å². The van der Waals surface area contributed by atoms with Gasteiger partial charge in [0, 0.05) is 32.6 Å². The first-order chi connectivity index (χ1) is 27.7. The van der Waals surface area contributed by atoms with Gasteiger partial charge in [0.05, 0.1) is 0 Å². The number of hydrogen-bond acceptors (Lipinski definition) is 6. The third-order valence-corrected chi connectivity index (χ3v) is 14.8. The van der Waals surface area contributed by atoms with Gasteiger partial charge >= 0.3 is 18.3 Å². The second kappa shape index (κ2) is 22.1. The van der Waals surface area contributed by atoms with Crippen molar-refractivity contribution in [1.29, 1.82) is 0 Å². The molecule has 0 aromatic heterocycles. The zero-order chi connectivity index (χ0) is 43.4. The SMILES string of the molecule is CC(C)CCCC(C)C1CCC2C3CC=C4CC(OC(=O)N(CCCCCCNC(=O)OC(C)(C)C)CCCCCCNC(=O)OC(C)(C)C)CCC4(C)C3CCC12C. The molecule has 0 radical (unpaired) electrons. The number of nitrogens with one attached hydrogen (secondary N) is 2. The maximum atomic E-state index is 13.9. The molecule has 8 atom stereocenters. The summed E-state index contributed by atoms with van der Waals surface area (Å²) in [5.41, 5.74) is 1.27. The van der Waals surface area contributed by atoms with Gasteiger partial charge in [-0.05, 0) is 159 Å². The van der Waals surface area contributed by atoms with Crippen molar-refractivity contribution in [2.24, 2.45) is 46.3 Å². The van der Waals surface area contributed by atoms with E-state index in [-0.39, 0.29) is 29.8 Å². The minimum Gasteiger partial charge on any atom is -0.446 e. The quantitative estimate of drug-likeness (QED) is 0.0719. The molecule has 0 aromatic carbocycles. The molecule has 0 aliphatic heterocycles. The molecule has 8 unspecified atom stereocenters. The number of rotatable bonds is 20. The van der Waals surface area contributed by atoms with Crippen LogP contribution >= 0.6 is 0 Å². The van der Waals surface area contributed by atoms with Crippen molar-refractivity contribution in [3.8, 4) is 0 Å². The Hall–Kier alpha value is -2.45. The van der Waals surface area contributed by atoms with E-state index in [0.717, 1.165) is 106 Å². The monoisotopic (exact) mass is 828 g/mol. The normalized spacial score (nSPS) is 28.4. The largest absolute Gasteiger partial charge is 0.446 e. The summed E-state index contributed by atoms with van der Waals surface area (Å²) in [6.07, 6.45) is 22.9. The van der Waals surface area contributed by atoms with Crippen molar-refractivity contribution in [3.63, 3.8) is 0 Å². The second-order valence-corrected chi connectivity index (χ2v) is 22.2. The van der Waals surface area contributed by atoms with E-state index in [1.807, 2.05) is 46.4 Å². The number of amides is 3. The first kappa shape index (κ1) is 49.2. The van der Waals surface area contributed by atoms with Gasteiger partial charge in [-0.1, -0.05) is 91.2 Å². The van der Waals surface area contributed by atoms with Crippen LogP contribution in [-0.2, 0) is 14.2 Å². The summed E-state index contributed by atoms with van der Waals surface area (Å²) in [4.78, 5) is 39.8. The molecule has 0 bridgehead atoms. The average Bonchev–Trinajstić information content (AvgIpc) is 3.49. The predicted octanol–water partition coefficient (Wildman–Crippen LogP) is 13.0. The van der Waals surface area contributed by atoms with Crippen LogP contribution < -0.4 is 10.6 Å². The van der Waals surface area contributed by atoms with Crippen molar-refractivity contribution in [2.75, 3.05) is 26.2 Å². The summed E-state index contributed by atoms with van der Waals surface area (Å²) in [6, 6.07) is 0. The minimum absolute atomic E-state index is 0.0601. The standard InChI is InChI=1S/C50H89N3O6/c1-36(2)21-20-22-37(3)41-25-26-42-40-24-23-38-35-39(27-29-49(38,10)43(40)28-30-50(41,42)11)57-46(56)53(33-18-14-12-16-31-51-44(54)58-47(4,5)6)34-19-15-13-17-32-52-45(55)59-48(7,8)9/h23,36-37,39-43H,12-22,24-35H2,1-11H3,(H,51,54)(H,52,55). The van der Waals surface area contributed by atoms with Gasteiger partial charge in [-0.2, -0.15) is 0 Å². The lowest BCUT2D eigenvalue weighted by Gasteiger charge is -2.58. The Kier molecular flexibility index (Phi) is 18.4. The van der Waals surface area contributed by atoms with Crippen molar-refractivity contribution < 1.29 is 28.6 Å². The van der Waals surface area contributed by atoms with Gasteiger partial charge in [-0.3, -0.25) is 0 Å². The van der Waals surface area contributed by atoms with Crippen LogP contribution in [0.25, 0.3) is 0 Å². The van der Waals surface area contributed by atoms with E-state index < -0.39 is 11.2 Å². The Labute approximate surface area is 361 Å². The molecule has 3 amide bonds. The lowest BCUT2D eigenvalue weighted by atomic mass is 9.47. The van der Waals surface area contributed by atoms with Crippen molar-refractivity contribution in [3.05, 3.63) is 11.6 Å². The molecule has 9 heteroatoms. The number of nitrogens with zero attached hydrogens (tertiary/aromatic N) is 1. The van der Waals surface area contributed by atoms with Crippen LogP contribution in [0.4, 0.5) is 14.4 Å². The molecule has 0 aromatic rings. The molecule has 0 saturated heterocycles. The van der Waals surface area contributed by atoms with Gasteiger partial charge in [0.25, 0.3) is 0 Å². The van der Waals surface area contributed by atoms with E-state index in [1.165, 1.54) is 51.4 Å². The van der Waals surface area contributed by atoms with Crippen LogP contribution in [0.2, 0.25) is 0 Å². The van der Waals surface area contributed by atoms with Gasteiger partial charge in [0.15, 0.2) is 0 Å². The van der Waals surface area contributed by atoms with Crippen molar-refractivity contribution in [1.82, 2.24) is 15.5 Å². The summed E-state index contributed by atoms with van der Waals surface area (Å²) in [5, 5.41) is 5.70. The molecular formula is C50H89N3O6. The Morgan fingerprint density at radius 2 is 1.31 bits per heavy atom.